The second-order valence-electron chi connectivity index (χ2n) is 5.47. The highest BCUT2D eigenvalue weighted by Crippen LogP contribution is 2.28. The molecular weight excluding hydrogens is 435 g/mol. The maximum absolute atomic E-state index is 12.5. The van der Waals surface area contributed by atoms with Crippen LogP contribution in [-0.4, -0.2) is 39.6 Å². The third-order valence-corrected chi connectivity index (χ3v) is 4.05. The van der Waals surface area contributed by atoms with Gasteiger partial charge in [-0.05, 0) is 6.07 Å². The Morgan fingerprint density at radius 2 is 1.83 bits per heavy atom. The van der Waals surface area contributed by atoms with Crippen LogP contribution in [0.3, 0.4) is 0 Å². The number of nitrogens with zero attached hydrogens (tertiary/aromatic N) is 5. The second kappa shape index (κ2) is 7.99. The Hall–Kier alpha value is -3.66. The predicted molar refractivity (Wildman–Crippen MR) is 89.7 cm³/mol. The van der Waals surface area contributed by atoms with Gasteiger partial charge < -0.3 is 9.26 Å². The number of anilines is 1. The summed E-state index contributed by atoms with van der Waals surface area (Å²) in [5, 5.41) is 10.0. The quantitative estimate of drug-likeness (QED) is 0.582. The van der Waals surface area contributed by atoms with E-state index in [1.165, 1.54) is 12.3 Å². The number of halogens is 3. The number of aromatic nitrogens is 5. The molecule has 16 heteroatoms. The molecule has 3 aromatic rings. The largest absolute Gasteiger partial charge is 0.471 e. The number of nitrogens with one attached hydrogen (secondary N) is 1. The summed E-state index contributed by atoms with van der Waals surface area (Å²) in [6.07, 6.45) is -2.35. The first-order valence-corrected chi connectivity index (χ1v) is 9.22. The zero-order valence-electron chi connectivity index (χ0n) is 14.5. The minimum atomic E-state index is -4.80. The molecule has 3 N–H and O–H groups in total. The van der Waals surface area contributed by atoms with Gasteiger partial charge in [0.15, 0.2) is 5.03 Å². The molecule has 30 heavy (non-hydrogen) atoms. The third kappa shape index (κ3) is 5.23. The van der Waals surface area contributed by atoms with Crippen LogP contribution in [0.15, 0.2) is 40.3 Å². The topological polar surface area (TPSA) is 176 Å². The molecule has 0 bridgehead atoms. The molecule has 0 fully saturated rings. The van der Waals surface area contributed by atoms with Crippen molar-refractivity contribution < 1.29 is 35.6 Å². The van der Waals surface area contributed by atoms with Gasteiger partial charge in [0.2, 0.25) is 11.6 Å². The number of ether oxygens (including phenoxy) is 1. The highest BCUT2D eigenvalue weighted by atomic mass is 32.2. The van der Waals surface area contributed by atoms with E-state index < -0.39 is 34.0 Å². The van der Waals surface area contributed by atoms with Crippen molar-refractivity contribution in [1.82, 2.24) is 25.1 Å². The van der Waals surface area contributed by atoms with Gasteiger partial charge in [-0.2, -0.15) is 18.2 Å². The van der Waals surface area contributed by atoms with E-state index in [4.69, 9.17) is 9.88 Å². The fourth-order valence-corrected chi connectivity index (χ4v) is 2.36. The molecule has 0 spiro atoms. The molecule has 0 aliphatic carbocycles. The Labute approximate surface area is 165 Å². The first-order chi connectivity index (χ1) is 14.0. The molecule has 12 nitrogen and oxygen atoms in total. The summed E-state index contributed by atoms with van der Waals surface area (Å²) >= 11 is 0. The number of hydrogen-bond acceptors (Lipinski definition) is 10. The normalized spacial score (nSPS) is 11.9. The Morgan fingerprint density at radius 3 is 2.37 bits per heavy atom. The molecule has 0 atom stereocenters. The molecule has 0 saturated heterocycles. The number of amides is 1. The average Bonchev–Trinajstić information content (AvgIpc) is 3.17. The lowest BCUT2D eigenvalue weighted by molar-refractivity contribution is -0.159. The van der Waals surface area contributed by atoms with E-state index in [-0.39, 0.29) is 23.1 Å². The lowest BCUT2D eigenvalue weighted by Gasteiger charge is -2.07. The summed E-state index contributed by atoms with van der Waals surface area (Å²) in [4.78, 5) is 26.0. The van der Waals surface area contributed by atoms with Crippen LogP contribution in [0.1, 0.15) is 11.5 Å². The van der Waals surface area contributed by atoms with Crippen molar-refractivity contribution in [2.24, 2.45) is 5.14 Å². The summed E-state index contributed by atoms with van der Waals surface area (Å²) in [5.41, 5.74) is 0.465. The van der Waals surface area contributed by atoms with Gasteiger partial charge in [-0.3, -0.25) is 5.32 Å². The van der Waals surface area contributed by atoms with Crippen LogP contribution in [0.5, 0.6) is 0 Å². The van der Waals surface area contributed by atoms with Crippen LogP contribution in [0.4, 0.5) is 23.7 Å². The van der Waals surface area contributed by atoms with Crippen molar-refractivity contribution in [1.29, 1.82) is 0 Å². The fourth-order valence-electron chi connectivity index (χ4n) is 1.90. The molecule has 0 unspecified atom stereocenters. The van der Waals surface area contributed by atoms with Crippen LogP contribution in [-0.2, 0) is 27.5 Å². The Bertz CT molecular complexity index is 1150. The third-order valence-electron chi connectivity index (χ3n) is 3.23. The standard InChI is InChI=1S/C14H10F3N7O5S/c15-14(16,17)12-23-11(24-29-12)10-20-4-8(5-21-10)22-13(25)28-6-7-1-2-9(19-3-7)30(18,26)27/h1-5H,6H2,(H,22,25)(H2,18,26,27). The Balaban J connectivity index is 1.56. The zero-order chi connectivity index (χ0) is 21.9. The van der Waals surface area contributed by atoms with Crippen molar-refractivity contribution >= 4 is 21.8 Å². The highest BCUT2D eigenvalue weighted by Gasteiger charge is 2.38. The van der Waals surface area contributed by atoms with Crippen molar-refractivity contribution in [2.75, 3.05) is 5.32 Å². The lowest BCUT2D eigenvalue weighted by Crippen LogP contribution is -2.15. The molecule has 0 saturated carbocycles. The first kappa shape index (κ1) is 21.1. The van der Waals surface area contributed by atoms with Crippen molar-refractivity contribution in [3.05, 3.63) is 42.2 Å². The molecular formula is C14H10F3N7O5S. The van der Waals surface area contributed by atoms with E-state index in [0.29, 0.717) is 5.56 Å². The van der Waals surface area contributed by atoms with E-state index in [1.54, 1.807) is 0 Å². The van der Waals surface area contributed by atoms with Gasteiger partial charge in [0.25, 0.3) is 10.0 Å². The zero-order valence-corrected chi connectivity index (χ0v) is 15.3. The molecule has 158 valence electrons. The molecule has 0 aromatic carbocycles. The van der Waals surface area contributed by atoms with Crippen molar-refractivity contribution in [3.8, 4) is 11.6 Å². The molecule has 3 rings (SSSR count). The van der Waals surface area contributed by atoms with E-state index in [0.717, 1.165) is 18.5 Å². The molecule has 3 aromatic heterocycles. The number of carbonyl (C=O) groups excluding carboxylic acids is 1. The van der Waals surface area contributed by atoms with Crippen LogP contribution in [0, 0.1) is 0 Å². The number of nitrogens with two attached hydrogens (primary N) is 1. The van der Waals surface area contributed by atoms with Crippen LogP contribution in [0.25, 0.3) is 11.6 Å². The average molecular weight is 445 g/mol. The van der Waals surface area contributed by atoms with Gasteiger partial charge in [-0.15, -0.1) is 0 Å². The summed E-state index contributed by atoms with van der Waals surface area (Å²) < 4.78 is 68.6. The molecule has 0 aliphatic rings. The molecule has 3 heterocycles. The summed E-state index contributed by atoms with van der Waals surface area (Å²) in [6, 6.07) is 2.51. The lowest BCUT2D eigenvalue weighted by atomic mass is 10.3. The SMILES string of the molecule is NS(=O)(=O)c1ccc(COC(=O)Nc2cnc(-c3noc(C(F)(F)F)n3)nc2)cn1. The van der Waals surface area contributed by atoms with Crippen LogP contribution in [0.2, 0.25) is 0 Å². The smallest absolute Gasteiger partial charge is 0.444 e. The Kier molecular flexibility index (Phi) is 5.61. The number of alkyl halides is 3. The summed E-state index contributed by atoms with van der Waals surface area (Å²) in [5.74, 6) is -2.28. The molecule has 0 radical (unpaired) electrons. The van der Waals surface area contributed by atoms with E-state index >= 15 is 0 Å². The number of pyridine rings is 1. The Morgan fingerprint density at radius 1 is 1.13 bits per heavy atom. The van der Waals surface area contributed by atoms with Crippen LogP contribution < -0.4 is 10.5 Å². The number of rotatable bonds is 5. The van der Waals surface area contributed by atoms with E-state index in [2.05, 4.69) is 34.9 Å². The molecule has 0 aliphatic heterocycles. The van der Waals surface area contributed by atoms with Gasteiger partial charge in [0.1, 0.15) is 6.61 Å². The maximum Gasteiger partial charge on any atom is 0.471 e. The number of sulfonamides is 1. The summed E-state index contributed by atoms with van der Waals surface area (Å²) in [6.45, 7) is -0.230. The van der Waals surface area contributed by atoms with Gasteiger partial charge in [0, 0.05) is 11.8 Å². The minimum absolute atomic E-state index is 0.0750. The van der Waals surface area contributed by atoms with Crippen LogP contribution >= 0.6 is 0 Å². The number of hydrogen-bond donors (Lipinski definition) is 2. The highest BCUT2D eigenvalue weighted by molar-refractivity contribution is 7.89. The fraction of sp³-hybridized carbons (Fsp3) is 0.143. The second-order valence-corrected chi connectivity index (χ2v) is 6.98. The first-order valence-electron chi connectivity index (χ1n) is 7.67. The van der Waals surface area contributed by atoms with Gasteiger partial charge >= 0.3 is 18.2 Å². The monoisotopic (exact) mass is 445 g/mol. The minimum Gasteiger partial charge on any atom is -0.444 e. The predicted octanol–water partition coefficient (Wildman–Crippen LogP) is 1.34. The molecule has 1 amide bonds. The summed E-state index contributed by atoms with van der Waals surface area (Å²) in [7, 11) is -3.94. The van der Waals surface area contributed by atoms with Gasteiger partial charge in [-0.25, -0.2) is 33.3 Å². The van der Waals surface area contributed by atoms with Gasteiger partial charge in [-0.1, -0.05) is 11.2 Å². The van der Waals surface area contributed by atoms with Crippen molar-refractivity contribution in [3.63, 3.8) is 0 Å². The van der Waals surface area contributed by atoms with Gasteiger partial charge in [0.05, 0.1) is 18.1 Å². The number of primary sulfonamides is 1. The maximum atomic E-state index is 12.5. The van der Waals surface area contributed by atoms with E-state index in [1.807, 2.05) is 0 Å². The van der Waals surface area contributed by atoms with E-state index in [9.17, 15) is 26.4 Å². The number of carbonyl (C=O) groups is 1. The van der Waals surface area contributed by atoms with Crippen molar-refractivity contribution in [2.45, 2.75) is 17.8 Å².